The van der Waals surface area contributed by atoms with Crippen LogP contribution in [0.25, 0.3) is 5.69 Å². The normalized spacial score (nSPS) is 15.3. The Hall–Kier alpha value is -3.79. The first-order valence-corrected chi connectivity index (χ1v) is 10.4. The Kier molecular flexibility index (Phi) is 5.63. The summed E-state index contributed by atoms with van der Waals surface area (Å²) in [5.74, 6) is -0.0964. The van der Waals surface area contributed by atoms with Gasteiger partial charge in [0.25, 0.3) is 5.91 Å². The van der Waals surface area contributed by atoms with E-state index in [1.807, 2.05) is 24.3 Å². The monoisotopic (exact) mass is 413 g/mol. The molecule has 0 spiro atoms. The summed E-state index contributed by atoms with van der Waals surface area (Å²) in [4.78, 5) is 28.6. The minimum absolute atomic E-state index is 0.191. The Morgan fingerprint density at radius 2 is 1.90 bits per heavy atom. The van der Waals surface area contributed by atoms with Gasteiger partial charge in [-0.15, -0.1) is 0 Å². The molecular weight excluding hydrogens is 390 g/mol. The number of pyridine rings is 1. The van der Waals surface area contributed by atoms with Crippen molar-refractivity contribution in [2.24, 2.45) is 0 Å². The number of Topliss-reactive ketones (excluding diaryl/α,β-unsaturated/α-hetero) is 1. The van der Waals surface area contributed by atoms with E-state index in [-0.39, 0.29) is 11.7 Å². The van der Waals surface area contributed by atoms with Gasteiger partial charge in [0.1, 0.15) is 11.2 Å². The maximum Gasteiger partial charge on any atom is 0.258 e. The number of ketones is 1. The van der Waals surface area contributed by atoms with E-state index in [0.717, 1.165) is 12.1 Å². The van der Waals surface area contributed by atoms with E-state index in [4.69, 9.17) is 0 Å². The van der Waals surface area contributed by atoms with Crippen LogP contribution in [-0.4, -0.2) is 26.5 Å². The fraction of sp³-hybridized carbons (Fsp3) is 0.292. The van der Waals surface area contributed by atoms with E-state index in [1.54, 1.807) is 29.2 Å². The zero-order chi connectivity index (χ0) is 21.8. The highest BCUT2D eigenvalue weighted by Crippen LogP contribution is 2.37. The van der Waals surface area contributed by atoms with Crippen LogP contribution < -0.4 is 5.32 Å². The average Bonchev–Trinajstić information content (AvgIpc) is 3.31. The van der Waals surface area contributed by atoms with Crippen molar-refractivity contribution >= 4 is 17.4 Å². The van der Waals surface area contributed by atoms with Gasteiger partial charge in [0.05, 0.1) is 41.1 Å². The van der Waals surface area contributed by atoms with Crippen molar-refractivity contribution in [2.75, 3.05) is 5.32 Å². The van der Waals surface area contributed by atoms with E-state index in [9.17, 15) is 14.9 Å². The smallest absolute Gasteiger partial charge is 0.258 e. The van der Waals surface area contributed by atoms with Crippen molar-refractivity contribution in [1.29, 1.82) is 5.26 Å². The molecule has 4 rings (SSSR count). The number of aromatic nitrogens is 3. The lowest BCUT2D eigenvalue weighted by Gasteiger charge is -2.29. The number of nitrogens with zero attached hydrogens (tertiary/aromatic N) is 4. The molecule has 1 fully saturated rings. The van der Waals surface area contributed by atoms with Crippen LogP contribution in [0.4, 0.5) is 5.69 Å². The predicted octanol–water partition coefficient (Wildman–Crippen LogP) is 3.99. The largest absolute Gasteiger partial charge is 0.320 e. The molecule has 1 amide bonds. The molecule has 1 aromatic carbocycles. The zero-order valence-electron chi connectivity index (χ0n) is 17.3. The van der Waals surface area contributed by atoms with Crippen LogP contribution in [-0.2, 0) is 16.6 Å². The molecule has 0 saturated heterocycles. The molecule has 1 saturated carbocycles. The Balaban J connectivity index is 1.45. The third kappa shape index (κ3) is 4.24. The number of nitrogens with one attached hydrogen (secondary N) is 1. The number of anilines is 1. The molecular formula is C24H23N5O2. The van der Waals surface area contributed by atoms with Gasteiger partial charge < -0.3 is 5.32 Å². The van der Waals surface area contributed by atoms with Crippen LogP contribution in [0.2, 0.25) is 0 Å². The lowest BCUT2D eigenvalue weighted by atomic mass is 9.72. The number of hydrogen-bond acceptors (Lipinski definition) is 5. The third-order valence-electron chi connectivity index (χ3n) is 5.84. The molecule has 3 aromatic rings. The van der Waals surface area contributed by atoms with E-state index < -0.39 is 5.41 Å². The van der Waals surface area contributed by atoms with Crippen LogP contribution in [0, 0.1) is 11.3 Å². The predicted molar refractivity (Wildman–Crippen MR) is 116 cm³/mol. The van der Waals surface area contributed by atoms with Crippen molar-refractivity contribution in [2.45, 2.75) is 44.4 Å². The second-order valence-electron chi connectivity index (χ2n) is 7.81. The van der Waals surface area contributed by atoms with Crippen molar-refractivity contribution in [1.82, 2.24) is 14.8 Å². The van der Waals surface area contributed by atoms with Gasteiger partial charge in [0.2, 0.25) is 0 Å². The first-order valence-electron chi connectivity index (χ1n) is 10.4. The molecule has 7 nitrogen and oxygen atoms in total. The van der Waals surface area contributed by atoms with E-state index in [0.29, 0.717) is 42.6 Å². The summed E-state index contributed by atoms with van der Waals surface area (Å²) >= 11 is 0. The molecule has 0 atom stereocenters. The second kappa shape index (κ2) is 8.52. The van der Waals surface area contributed by atoms with Crippen molar-refractivity contribution < 1.29 is 9.59 Å². The minimum atomic E-state index is -0.731. The van der Waals surface area contributed by atoms with Gasteiger partial charge in [0, 0.05) is 19.0 Å². The fourth-order valence-corrected chi connectivity index (χ4v) is 3.80. The van der Waals surface area contributed by atoms with Crippen LogP contribution in [0.1, 0.15) is 54.2 Å². The van der Waals surface area contributed by atoms with E-state index >= 15 is 0 Å². The quantitative estimate of drug-likeness (QED) is 0.682. The Bertz CT molecular complexity index is 1130. The number of aryl methyl sites for hydroxylation is 1. The van der Waals surface area contributed by atoms with Crippen LogP contribution in [0.5, 0.6) is 0 Å². The molecule has 2 heterocycles. The molecule has 2 aromatic heterocycles. The molecule has 0 radical (unpaired) electrons. The first kappa shape index (κ1) is 20.5. The van der Waals surface area contributed by atoms with Crippen molar-refractivity contribution in [3.63, 3.8) is 0 Å². The van der Waals surface area contributed by atoms with E-state index in [1.165, 1.54) is 11.8 Å². The SMILES string of the molecule is CCc1ccc(-n2cc(C(=O)Nc3ccc(C4(C#N)CCC(=O)CC4)nc3)cn2)cc1. The summed E-state index contributed by atoms with van der Waals surface area (Å²) in [5, 5.41) is 16.8. The number of benzene rings is 1. The summed E-state index contributed by atoms with van der Waals surface area (Å²) in [6.45, 7) is 2.10. The Morgan fingerprint density at radius 3 is 2.52 bits per heavy atom. The van der Waals surface area contributed by atoms with E-state index in [2.05, 4.69) is 28.4 Å². The number of hydrogen-bond donors (Lipinski definition) is 1. The van der Waals surface area contributed by atoms with Crippen LogP contribution in [0.3, 0.4) is 0 Å². The van der Waals surface area contributed by atoms with Gasteiger partial charge in [-0.25, -0.2) is 4.68 Å². The van der Waals surface area contributed by atoms with Crippen molar-refractivity contribution in [3.8, 4) is 11.8 Å². The molecule has 7 heteroatoms. The molecule has 0 bridgehead atoms. The molecule has 31 heavy (non-hydrogen) atoms. The summed E-state index contributed by atoms with van der Waals surface area (Å²) < 4.78 is 1.66. The maximum absolute atomic E-state index is 12.6. The summed E-state index contributed by atoms with van der Waals surface area (Å²) in [6, 6.07) is 13.9. The Labute approximate surface area is 180 Å². The number of carbonyl (C=O) groups is 2. The minimum Gasteiger partial charge on any atom is -0.320 e. The molecule has 1 aliphatic rings. The van der Waals surface area contributed by atoms with Crippen molar-refractivity contribution in [3.05, 3.63) is 71.8 Å². The topological polar surface area (TPSA) is 101 Å². The first-order chi connectivity index (χ1) is 15.0. The summed E-state index contributed by atoms with van der Waals surface area (Å²) in [7, 11) is 0. The highest BCUT2D eigenvalue weighted by Gasteiger charge is 2.37. The molecule has 0 unspecified atom stereocenters. The highest BCUT2D eigenvalue weighted by atomic mass is 16.1. The number of rotatable bonds is 5. The van der Waals surface area contributed by atoms with Gasteiger partial charge in [-0.2, -0.15) is 10.4 Å². The molecule has 1 aliphatic carbocycles. The fourth-order valence-electron chi connectivity index (χ4n) is 3.80. The number of carbonyl (C=O) groups excluding carboxylic acids is 2. The zero-order valence-corrected chi connectivity index (χ0v) is 17.3. The number of amides is 1. The van der Waals surface area contributed by atoms with Gasteiger partial charge in [-0.1, -0.05) is 19.1 Å². The van der Waals surface area contributed by atoms with Gasteiger partial charge in [-0.3, -0.25) is 14.6 Å². The molecule has 0 aliphatic heterocycles. The van der Waals surface area contributed by atoms with Crippen LogP contribution >= 0.6 is 0 Å². The summed E-state index contributed by atoms with van der Waals surface area (Å²) in [6.07, 6.45) is 7.50. The van der Waals surface area contributed by atoms with Gasteiger partial charge >= 0.3 is 0 Å². The molecule has 156 valence electrons. The maximum atomic E-state index is 12.6. The second-order valence-corrected chi connectivity index (χ2v) is 7.81. The lowest BCUT2D eigenvalue weighted by molar-refractivity contribution is -0.121. The van der Waals surface area contributed by atoms with Gasteiger partial charge in [-0.05, 0) is 49.1 Å². The van der Waals surface area contributed by atoms with Gasteiger partial charge in [0.15, 0.2) is 0 Å². The average molecular weight is 413 g/mol. The standard InChI is InChI=1S/C24H23N5O2/c1-2-17-3-6-20(7-4-17)29-15-18(13-27-29)23(31)28-19-5-8-22(26-14-19)24(16-25)11-9-21(30)10-12-24/h3-8,13-15H,2,9-12H2,1H3,(H,28,31). The number of nitriles is 1. The highest BCUT2D eigenvalue weighted by molar-refractivity contribution is 6.03. The molecule has 1 N–H and O–H groups in total. The Morgan fingerprint density at radius 1 is 1.16 bits per heavy atom. The lowest BCUT2D eigenvalue weighted by Crippen LogP contribution is -2.31. The summed E-state index contributed by atoms with van der Waals surface area (Å²) in [5.41, 5.74) is 3.00. The third-order valence-corrected chi connectivity index (χ3v) is 5.84. The van der Waals surface area contributed by atoms with Crippen LogP contribution in [0.15, 0.2) is 55.0 Å².